The van der Waals surface area contributed by atoms with Crippen LogP contribution in [0, 0.1) is 0 Å². The number of nitrogens with zero attached hydrogens (tertiary/aromatic N) is 6. The van der Waals surface area contributed by atoms with Gasteiger partial charge >= 0.3 is 0 Å². The normalized spacial score (nSPS) is 21.0. The van der Waals surface area contributed by atoms with Gasteiger partial charge in [0.1, 0.15) is 5.82 Å². The summed E-state index contributed by atoms with van der Waals surface area (Å²) in [5.74, 6) is 1.21. The van der Waals surface area contributed by atoms with E-state index in [4.69, 9.17) is 0 Å². The minimum atomic E-state index is 0.0613. The lowest BCUT2D eigenvalue weighted by Gasteiger charge is -2.34. The van der Waals surface area contributed by atoms with Gasteiger partial charge in [-0.25, -0.2) is 9.67 Å². The van der Waals surface area contributed by atoms with Crippen LogP contribution in [-0.4, -0.2) is 61.9 Å². The molecule has 2 aromatic rings. The second-order valence-corrected chi connectivity index (χ2v) is 8.48. The Labute approximate surface area is 166 Å². The predicted octanol–water partition coefficient (Wildman–Crippen LogP) is 1.47. The SMILES string of the molecule is O=c1cc2c(nn1CCN1CCN(Cc3nccn3C3CC3)CC1)CCCC2. The Morgan fingerprint density at radius 1 is 1.00 bits per heavy atom. The van der Waals surface area contributed by atoms with Gasteiger partial charge in [0.2, 0.25) is 0 Å². The Morgan fingerprint density at radius 2 is 1.79 bits per heavy atom. The van der Waals surface area contributed by atoms with Gasteiger partial charge < -0.3 is 4.57 Å². The molecule has 0 atom stereocenters. The first-order valence-electron chi connectivity index (χ1n) is 10.8. The number of rotatable bonds is 6. The number of piperazine rings is 1. The van der Waals surface area contributed by atoms with Crippen molar-refractivity contribution in [3.63, 3.8) is 0 Å². The summed E-state index contributed by atoms with van der Waals surface area (Å²) in [6, 6.07) is 2.52. The zero-order valence-corrected chi connectivity index (χ0v) is 16.6. The van der Waals surface area contributed by atoms with Crippen LogP contribution in [0.2, 0.25) is 0 Å². The predicted molar refractivity (Wildman–Crippen MR) is 107 cm³/mol. The van der Waals surface area contributed by atoms with Crippen LogP contribution in [0.1, 0.15) is 48.8 Å². The number of aryl methyl sites for hydroxylation is 2. The van der Waals surface area contributed by atoms with E-state index in [1.54, 1.807) is 4.68 Å². The Morgan fingerprint density at radius 3 is 2.61 bits per heavy atom. The van der Waals surface area contributed by atoms with Gasteiger partial charge in [0, 0.05) is 57.2 Å². The zero-order valence-electron chi connectivity index (χ0n) is 16.6. The molecule has 3 heterocycles. The van der Waals surface area contributed by atoms with E-state index in [1.165, 1.54) is 37.1 Å². The van der Waals surface area contributed by atoms with E-state index < -0.39 is 0 Å². The maximum atomic E-state index is 12.4. The highest BCUT2D eigenvalue weighted by Crippen LogP contribution is 2.35. The summed E-state index contributed by atoms with van der Waals surface area (Å²) in [5, 5.41) is 4.65. The van der Waals surface area contributed by atoms with E-state index >= 15 is 0 Å². The fourth-order valence-corrected chi connectivity index (χ4v) is 4.52. The van der Waals surface area contributed by atoms with Gasteiger partial charge in [0.05, 0.1) is 18.8 Å². The molecule has 1 saturated heterocycles. The smallest absolute Gasteiger partial charge is 0.267 e. The second-order valence-electron chi connectivity index (χ2n) is 8.48. The largest absolute Gasteiger partial charge is 0.331 e. The molecule has 3 aliphatic rings. The molecule has 1 saturated carbocycles. The summed E-state index contributed by atoms with van der Waals surface area (Å²) in [5.41, 5.74) is 2.37. The van der Waals surface area contributed by atoms with Crippen molar-refractivity contribution in [1.29, 1.82) is 0 Å². The van der Waals surface area contributed by atoms with Crippen LogP contribution in [-0.2, 0) is 25.9 Å². The second kappa shape index (κ2) is 7.79. The highest BCUT2D eigenvalue weighted by atomic mass is 16.1. The molecule has 0 N–H and O–H groups in total. The molecule has 7 heteroatoms. The molecule has 2 aliphatic carbocycles. The van der Waals surface area contributed by atoms with Crippen LogP contribution in [0.15, 0.2) is 23.3 Å². The van der Waals surface area contributed by atoms with Crippen molar-refractivity contribution >= 4 is 0 Å². The number of fused-ring (bicyclic) bond motifs is 1. The standard InChI is InChI=1S/C21H30N6O/c28-21-15-17-3-1-2-4-19(17)23-27(21)14-13-24-9-11-25(12-10-24)16-20-22-7-8-26(20)18-5-6-18/h7-8,15,18H,1-6,9-14,16H2. The molecule has 0 aromatic carbocycles. The minimum absolute atomic E-state index is 0.0613. The summed E-state index contributed by atoms with van der Waals surface area (Å²) in [7, 11) is 0. The third-order valence-electron chi connectivity index (χ3n) is 6.42. The monoisotopic (exact) mass is 382 g/mol. The maximum Gasteiger partial charge on any atom is 0.267 e. The summed E-state index contributed by atoms with van der Waals surface area (Å²) in [6.07, 6.45) is 11.1. The lowest BCUT2D eigenvalue weighted by Crippen LogP contribution is -2.47. The third-order valence-corrected chi connectivity index (χ3v) is 6.42. The topological polar surface area (TPSA) is 59.2 Å². The summed E-state index contributed by atoms with van der Waals surface area (Å²) in [4.78, 5) is 21.9. The van der Waals surface area contributed by atoms with Gasteiger partial charge in [-0.2, -0.15) is 5.10 Å². The molecule has 0 spiro atoms. The van der Waals surface area contributed by atoms with Crippen LogP contribution in [0.4, 0.5) is 0 Å². The van der Waals surface area contributed by atoms with Gasteiger partial charge in [-0.3, -0.25) is 14.6 Å². The molecule has 0 bridgehead atoms. The molecule has 0 amide bonds. The van der Waals surface area contributed by atoms with Crippen LogP contribution in [0.5, 0.6) is 0 Å². The van der Waals surface area contributed by atoms with Gasteiger partial charge in [-0.1, -0.05) is 0 Å². The molecule has 7 nitrogen and oxygen atoms in total. The maximum absolute atomic E-state index is 12.4. The van der Waals surface area contributed by atoms with Crippen molar-refractivity contribution in [3.05, 3.63) is 45.9 Å². The quantitative estimate of drug-likeness (QED) is 0.757. The number of hydrogen-bond acceptors (Lipinski definition) is 5. The molecule has 1 aliphatic heterocycles. The van der Waals surface area contributed by atoms with Gasteiger partial charge in [0.15, 0.2) is 0 Å². The van der Waals surface area contributed by atoms with E-state index in [-0.39, 0.29) is 5.56 Å². The van der Waals surface area contributed by atoms with Gasteiger partial charge in [-0.15, -0.1) is 0 Å². The third kappa shape index (κ3) is 3.91. The number of imidazole rings is 1. The zero-order chi connectivity index (χ0) is 18.9. The molecular weight excluding hydrogens is 352 g/mol. The van der Waals surface area contributed by atoms with Crippen molar-refractivity contribution in [2.45, 2.75) is 57.7 Å². The van der Waals surface area contributed by atoms with E-state index in [0.29, 0.717) is 12.6 Å². The van der Waals surface area contributed by atoms with Crippen LogP contribution in [0.25, 0.3) is 0 Å². The first kappa shape index (κ1) is 18.1. The summed E-state index contributed by atoms with van der Waals surface area (Å²) in [6.45, 7) is 6.75. The van der Waals surface area contributed by atoms with Gasteiger partial charge in [0.25, 0.3) is 5.56 Å². The first-order chi connectivity index (χ1) is 13.8. The molecule has 28 heavy (non-hydrogen) atoms. The highest BCUT2D eigenvalue weighted by molar-refractivity contribution is 5.20. The van der Waals surface area contributed by atoms with Crippen molar-refractivity contribution < 1.29 is 0 Å². The van der Waals surface area contributed by atoms with Crippen LogP contribution < -0.4 is 5.56 Å². The first-order valence-corrected chi connectivity index (χ1v) is 10.8. The Hall–Kier alpha value is -1.99. The molecule has 2 aromatic heterocycles. The fourth-order valence-electron chi connectivity index (χ4n) is 4.52. The molecular formula is C21H30N6O. The number of aromatic nitrogens is 4. The molecule has 5 rings (SSSR count). The van der Waals surface area contributed by atoms with Gasteiger partial charge in [-0.05, 0) is 44.1 Å². The van der Waals surface area contributed by atoms with Crippen LogP contribution >= 0.6 is 0 Å². The van der Waals surface area contributed by atoms with E-state index in [2.05, 4.69) is 30.6 Å². The minimum Gasteiger partial charge on any atom is -0.331 e. The average molecular weight is 383 g/mol. The lowest BCUT2D eigenvalue weighted by atomic mass is 9.97. The van der Waals surface area contributed by atoms with E-state index in [1.807, 2.05) is 12.3 Å². The van der Waals surface area contributed by atoms with E-state index in [9.17, 15) is 4.79 Å². The van der Waals surface area contributed by atoms with Crippen LogP contribution in [0.3, 0.4) is 0 Å². The molecule has 2 fully saturated rings. The molecule has 0 radical (unpaired) electrons. The Kier molecular flexibility index (Phi) is 5.03. The van der Waals surface area contributed by atoms with Crippen molar-refractivity contribution in [1.82, 2.24) is 29.1 Å². The Bertz CT molecular complexity index is 875. The average Bonchev–Trinajstić information content (AvgIpc) is 3.46. The molecule has 150 valence electrons. The lowest BCUT2D eigenvalue weighted by molar-refractivity contribution is 0.119. The van der Waals surface area contributed by atoms with Crippen molar-refractivity contribution in [2.24, 2.45) is 0 Å². The Balaban J connectivity index is 1.13. The van der Waals surface area contributed by atoms with Crippen molar-refractivity contribution in [3.8, 4) is 0 Å². The number of hydrogen-bond donors (Lipinski definition) is 0. The fraction of sp³-hybridized carbons (Fsp3) is 0.667. The highest BCUT2D eigenvalue weighted by Gasteiger charge is 2.26. The summed E-state index contributed by atoms with van der Waals surface area (Å²) < 4.78 is 4.05. The van der Waals surface area contributed by atoms with Crippen molar-refractivity contribution in [2.75, 3.05) is 32.7 Å². The molecule has 0 unspecified atom stereocenters. The summed E-state index contributed by atoms with van der Waals surface area (Å²) >= 11 is 0. The van der Waals surface area contributed by atoms with E-state index in [0.717, 1.165) is 57.8 Å².